The minimum atomic E-state index is 0.374. The Morgan fingerprint density at radius 1 is 0.295 bits per heavy atom. The van der Waals surface area contributed by atoms with E-state index in [-0.39, 0.29) is 0 Å². The summed E-state index contributed by atoms with van der Waals surface area (Å²) in [5.74, 6) is 6.64. The maximum Gasteiger partial charge on any atom is 0.297 e. The number of imidazole rings is 4. The van der Waals surface area contributed by atoms with Crippen molar-refractivity contribution in [3.05, 3.63) is 331 Å². The van der Waals surface area contributed by atoms with Gasteiger partial charge in [0, 0.05) is 71.1 Å². The Kier molecular flexibility index (Phi) is 19.7. The number of methoxy groups -OCH3 is 4. The van der Waals surface area contributed by atoms with Crippen LogP contribution in [0.25, 0.3) is 176 Å². The second kappa shape index (κ2) is 31.1. The zero-order valence-electron chi connectivity index (χ0n) is 72.1. The van der Waals surface area contributed by atoms with Gasteiger partial charge in [-0.15, -0.1) is 0 Å². The maximum absolute atomic E-state index is 5.85. The van der Waals surface area contributed by atoms with Crippen molar-refractivity contribution in [2.45, 2.75) is 67.2 Å². The van der Waals surface area contributed by atoms with Crippen molar-refractivity contribution < 1.29 is 37.2 Å². The quantitative estimate of drug-likeness (QED) is 0.101. The van der Waals surface area contributed by atoms with Gasteiger partial charge in [0.2, 0.25) is 0 Å². The van der Waals surface area contributed by atoms with Gasteiger partial charge in [-0.05, 0) is 188 Å². The minimum Gasteiger partial charge on any atom is -0.496 e. The molecule has 7 aromatic heterocycles. The summed E-state index contributed by atoms with van der Waals surface area (Å²) in [6.07, 6.45) is 1.82. The van der Waals surface area contributed by atoms with Gasteiger partial charge in [0.1, 0.15) is 45.4 Å². The lowest BCUT2D eigenvalue weighted by Crippen LogP contribution is -2.30. The van der Waals surface area contributed by atoms with E-state index in [0.717, 1.165) is 67.6 Å². The van der Waals surface area contributed by atoms with E-state index in [1.165, 1.54) is 165 Å². The van der Waals surface area contributed by atoms with Crippen molar-refractivity contribution in [2.75, 3.05) is 28.4 Å². The van der Waals surface area contributed by atoms with Crippen molar-refractivity contribution in [1.29, 1.82) is 0 Å². The number of benzene rings is 15. The topological polar surface area (TPSA) is 84.0 Å². The molecule has 0 saturated carbocycles. The van der Waals surface area contributed by atoms with Crippen molar-refractivity contribution >= 4 is 142 Å². The molecule has 7 heterocycles. The number of nitrogens with zero attached hydrogens (tertiary/aromatic N) is 9. The summed E-state index contributed by atoms with van der Waals surface area (Å²) in [6.45, 7) is 17.8. The molecule has 600 valence electrons. The Hall–Kier alpha value is -14.4. The number of aryl methyl sites for hydroxylation is 8. The first-order chi connectivity index (χ1) is 59.5. The third-order valence-electron chi connectivity index (χ3n) is 25.4. The minimum absolute atomic E-state index is 0.374. The van der Waals surface area contributed by atoms with Crippen molar-refractivity contribution in [3.63, 3.8) is 0 Å². The zero-order valence-corrected chi connectivity index (χ0v) is 72.1. The van der Waals surface area contributed by atoms with E-state index in [0.29, 0.717) is 11.8 Å². The number of fused-ring (bicyclic) bond motifs is 28. The number of hydrogen-bond acceptors (Lipinski definition) is 5. The van der Waals surface area contributed by atoms with Crippen LogP contribution < -0.4 is 37.2 Å². The van der Waals surface area contributed by atoms with Crippen LogP contribution in [0.2, 0.25) is 0 Å². The molecule has 0 spiro atoms. The van der Waals surface area contributed by atoms with E-state index >= 15 is 0 Å². The number of hydrogen-bond donors (Lipinski definition) is 0. The molecule has 0 bridgehead atoms. The van der Waals surface area contributed by atoms with E-state index in [1.54, 1.807) is 28.4 Å². The average molecular weight is 1600 g/mol. The molecule has 13 heteroatoms. The van der Waals surface area contributed by atoms with Gasteiger partial charge in [-0.2, -0.15) is 17.9 Å². The molecule has 0 aliphatic carbocycles. The smallest absolute Gasteiger partial charge is 0.297 e. The molecule has 0 atom stereocenters. The number of aromatic nitrogens is 9. The van der Waals surface area contributed by atoms with E-state index in [9.17, 15) is 0 Å². The van der Waals surface area contributed by atoms with Crippen LogP contribution in [0, 0.1) is 27.7 Å². The molecule has 0 N–H and O–H groups in total. The molecule has 0 aliphatic heterocycles. The van der Waals surface area contributed by atoms with Crippen LogP contribution in [-0.2, 0) is 28.2 Å². The highest BCUT2D eigenvalue weighted by molar-refractivity contribution is 6.26. The summed E-state index contributed by atoms with van der Waals surface area (Å²) in [4.78, 5) is 4.75. The Bertz CT molecular complexity index is 7740. The molecule has 0 fully saturated rings. The van der Waals surface area contributed by atoms with Crippen molar-refractivity contribution in [2.24, 2.45) is 28.2 Å². The third kappa shape index (κ3) is 12.0. The summed E-state index contributed by atoms with van der Waals surface area (Å²) in [5, 5.41) is 16.1. The molecule has 22 rings (SSSR count). The number of para-hydroxylation sites is 8. The lowest BCUT2D eigenvalue weighted by Gasteiger charge is -2.18. The fraction of sp³-hybridized carbons (Fsp3) is 0.165. The normalized spacial score (nSPS) is 11.8. The Morgan fingerprint density at radius 2 is 0.648 bits per heavy atom. The third-order valence-corrected chi connectivity index (χ3v) is 25.4. The number of ether oxygens (including phenoxy) is 4. The molecule has 0 aliphatic rings. The molecule has 0 radical (unpaired) electrons. The van der Waals surface area contributed by atoms with Gasteiger partial charge in [0.25, 0.3) is 22.9 Å². The molecular weight excluding hydrogens is 1500 g/mol. The highest BCUT2D eigenvalue weighted by Gasteiger charge is 2.37. The lowest BCUT2D eigenvalue weighted by atomic mass is 9.91. The summed E-state index contributed by atoms with van der Waals surface area (Å²) in [7, 11) is 15.6. The van der Waals surface area contributed by atoms with Gasteiger partial charge in [0.15, 0.2) is 44.1 Å². The number of rotatable bonds is 10. The summed E-state index contributed by atoms with van der Waals surface area (Å²) < 4.78 is 41.7. The summed E-state index contributed by atoms with van der Waals surface area (Å²) in [5.41, 5.74) is 27.6. The van der Waals surface area contributed by atoms with Crippen LogP contribution in [0.15, 0.2) is 297 Å². The Morgan fingerprint density at radius 3 is 1.11 bits per heavy atom. The van der Waals surface area contributed by atoms with Gasteiger partial charge >= 0.3 is 0 Å². The molecule has 22 aromatic rings. The van der Waals surface area contributed by atoms with E-state index in [4.69, 9.17) is 23.9 Å². The molecule has 0 saturated heterocycles. The van der Waals surface area contributed by atoms with Crippen LogP contribution in [-0.4, -0.2) is 51.4 Å². The van der Waals surface area contributed by atoms with Crippen LogP contribution in [0.4, 0.5) is 0 Å². The largest absolute Gasteiger partial charge is 0.496 e. The molecule has 0 unspecified atom stereocenters. The molecule has 13 nitrogen and oxygen atoms in total. The van der Waals surface area contributed by atoms with E-state index in [2.05, 4.69) is 411 Å². The first-order valence-corrected chi connectivity index (χ1v) is 42.0. The predicted octanol–water partition coefficient (Wildman–Crippen LogP) is 24.2. The highest BCUT2D eigenvalue weighted by atomic mass is 16.5. The number of pyridine rings is 3. The average Bonchev–Trinajstić information content (AvgIpc) is 1.29. The van der Waals surface area contributed by atoms with Gasteiger partial charge in [0.05, 0.1) is 90.2 Å². The van der Waals surface area contributed by atoms with Crippen LogP contribution in [0.5, 0.6) is 23.0 Å². The van der Waals surface area contributed by atoms with Gasteiger partial charge in [-0.1, -0.05) is 191 Å². The fourth-order valence-corrected chi connectivity index (χ4v) is 19.8. The van der Waals surface area contributed by atoms with Crippen molar-refractivity contribution in [3.8, 4) is 57.1 Å². The first-order valence-electron chi connectivity index (χ1n) is 42.0. The Balaban J connectivity index is 0.000000109. The second-order valence-electron chi connectivity index (χ2n) is 32.7. The van der Waals surface area contributed by atoms with Crippen LogP contribution >= 0.6 is 0 Å². The maximum atomic E-state index is 5.85. The standard InChI is InChI=1S/C36H37N2O.C30H25N2O.C22H19N2O.C21H18N3O/c1-22(2)26-18-13-19-27(23(3)4)33(26)38-34-30-17-12-11-16-28(30)29-20-21-31(39-7)24(5)32(29)35(34)37(6)36(38)25-14-9-8-10-15-25;1-20-26(33-3)19-18-24-23-16-10-11-17-25(23)28-29(27(20)24)31(2)30(21-12-6-4-7-13-21)32(28)22-14-8-5-9-15-22;1-14-20(25-3)13-12-16-15-8-4-5-9-17(15)24-19-11-7-6-10-18(19)23(2)22(24)21(14)16;1-13-18(25-3)12-22-20-14-8-4-5-9-15(14)24-17-11-7-6-10-16(17)23(2)21(24)19(13)20/h8-23H,1-7H3;4-19H,1-3H3;4-13H,1-3H3;4-12H,1-3H3/q4*+1. The first kappa shape index (κ1) is 77.5. The lowest BCUT2D eigenvalue weighted by molar-refractivity contribution is -0.633. The summed E-state index contributed by atoms with van der Waals surface area (Å²) >= 11 is 0. The Labute approximate surface area is 709 Å². The van der Waals surface area contributed by atoms with E-state index in [1.807, 2.05) is 6.20 Å². The molecular formula is C109H99N9O4+4. The molecule has 122 heavy (non-hydrogen) atoms. The summed E-state index contributed by atoms with van der Waals surface area (Å²) in [6, 6.07) is 104. The highest BCUT2D eigenvalue weighted by Crippen LogP contribution is 2.47. The van der Waals surface area contributed by atoms with Gasteiger partial charge in [-0.3, -0.25) is 4.98 Å². The SMILES string of the molecule is COc1ccc2c3ccccc3c3c(c2c1C)[n+](C)c(-c1ccccc1)n3-c1c(C(C)C)cccc1C(C)C.COc1ccc2c3ccccc3c3c(c2c1C)[n+](C)c(-c1ccccc1)n3-c1ccccc1.COc1ccc2c3ccccc3n3c4ccccc4[n+](C)c3c2c1C.COc1cnc2c3ccccc3n3c4ccccc4[n+](C)c3c2c1C. The monoisotopic (exact) mass is 1600 g/mol. The molecule has 0 amide bonds. The molecule has 15 aromatic carbocycles. The van der Waals surface area contributed by atoms with Gasteiger partial charge in [-0.25, -0.2) is 18.3 Å². The van der Waals surface area contributed by atoms with Gasteiger partial charge < -0.3 is 18.9 Å². The second-order valence-corrected chi connectivity index (χ2v) is 32.7. The zero-order chi connectivity index (χ0) is 84.2. The van der Waals surface area contributed by atoms with Crippen LogP contribution in [0.3, 0.4) is 0 Å². The van der Waals surface area contributed by atoms with Crippen LogP contribution in [0.1, 0.15) is 72.9 Å². The predicted molar refractivity (Wildman–Crippen MR) is 503 cm³/mol. The fourth-order valence-electron chi connectivity index (χ4n) is 19.8. The van der Waals surface area contributed by atoms with Crippen molar-refractivity contribution in [1.82, 2.24) is 22.9 Å². The van der Waals surface area contributed by atoms with E-state index < -0.39 is 0 Å².